The standard InChI is InChI=1S/C14H13NO5/c1-10(16)7-13(17)19-5-6-20-14(18)12-4-2-3-11(8-12)9-15/h2-4,8H,5-7H2,1H3. The fraction of sp³-hybridized carbons (Fsp3) is 0.286. The molecule has 0 atom stereocenters. The van der Waals surface area contributed by atoms with Crippen molar-refractivity contribution in [1.29, 1.82) is 5.26 Å². The van der Waals surface area contributed by atoms with Crippen LogP contribution < -0.4 is 0 Å². The quantitative estimate of drug-likeness (QED) is 0.440. The number of rotatable bonds is 6. The van der Waals surface area contributed by atoms with E-state index in [9.17, 15) is 14.4 Å². The van der Waals surface area contributed by atoms with E-state index in [1.54, 1.807) is 12.1 Å². The molecule has 1 aromatic rings. The van der Waals surface area contributed by atoms with E-state index in [1.165, 1.54) is 19.1 Å². The average Bonchev–Trinajstić information content (AvgIpc) is 2.42. The van der Waals surface area contributed by atoms with E-state index < -0.39 is 11.9 Å². The van der Waals surface area contributed by atoms with Gasteiger partial charge in [0.05, 0.1) is 17.2 Å². The Morgan fingerprint density at radius 2 is 1.90 bits per heavy atom. The Labute approximate surface area is 115 Å². The predicted molar refractivity (Wildman–Crippen MR) is 67.7 cm³/mol. The van der Waals surface area contributed by atoms with Gasteiger partial charge in [-0.3, -0.25) is 9.59 Å². The highest BCUT2D eigenvalue weighted by molar-refractivity contribution is 5.94. The van der Waals surface area contributed by atoms with Crippen LogP contribution in [0.3, 0.4) is 0 Å². The summed E-state index contributed by atoms with van der Waals surface area (Å²) < 4.78 is 9.57. The predicted octanol–water partition coefficient (Wildman–Crippen LogP) is 1.24. The summed E-state index contributed by atoms with van der Waals surface area (Å²) in [5, 5.41) is 8.70. The van der Waals surface area contributed by atoms with E-state index >= 15 is 0 Å². The molecule has 0 saturated carbocycles. The smallest absolute Gasteiger partial charge is 0.338 e. The van der Waals surface area contributed by atoms with Gasteiger partial charge in [-0.2, -0.15) is 5.26 Å². The molecule has 6 nitrogen and oxygen atoms in total. The van der Waals surface area contributed by atoms with Crippen molar-refractivity contribution in [2.75, 3.05) is 13.2 Å². The highest BCUT2D eigenvalue weighted by atomic mass is 16.6. The number of carbonyl (C=O) groups excluding carboxylic acids is 3. The molecule has 104 valence electrons. The molecule has 20 heavy (non-hydrogen) atoms. The second-order valence-electron chi connectivity index (χ2n) is 3.93. The number of ketones is 1. The number of nitriles is 1. The first-order valence-electron chi connectivity index (χ1n) is 5.85. The maximum atomic E-state index is 11.6. The van der Waals surface area contributed by atoms with Gasteiger partial charge in [0, 0.05) is 0 Å². The Balaban J connectivity index is 2.35. The second kappa shape index (κ2) is 7.69. The van der Waals surface area contributed by atoms with Gasteiger partial charge in [-0.25, -0.2) is 4.79 Å². The van der Waals surface area contributed by atoms with Crippen LogP contribution in [-0.4, -0.2) is 30.9 Å². The molecule has 1 rings (SSSR count). The molecule has 0 bridgehead atoms. The first-order chi connectivity index (χ1) is 9.52. The van der Waals surface area contributed by atoms with Crippen molar-refractivity contribution in [1.82, 2.24) is 0 Å². The number of hydrogen-bond acceptors (Lipinski definition) is 6. The fourth-order valence-electron chi connectivity index (χ4n) is 1.34. The SMILES string of the molecule is CC(=O)CC(=O)OCCOC(=O)c1cccc(C#N)c1. The summed E-state index contributed by atoms with van der Waals surface area (Å²) in [7, 11) is 0. The first-order valence-corrected chi connectivity index (χ1v) is 5.85. The number of Topliss-reactive ketones (excluding diaryl/α,β-unsaturated/α-hetero) is 1. The first kappa shape index (κ1) is 15.4. The number of ether oxygens (including phenoxy) is 2. The van der Waals surface area contributed by atoms with Crippen molar-refractivity contribution in [3.63, 3.8) is 0 Å². The number of esters is 2. The normalized spacial score (nSPS) is 9.40. The Morgan fingerprint density at radius 1 is 1.20 bits per heavy atom. The summed E-state index contributed by atoms with van der Waals surface area (Å²) in [6, 6.07) is 7.98. The lowest BCUT2D eigenvalue weighted by Gasteiger charge is -2.06. The maximum absolute atomic E-state index is 11.6. The molecule has 0 N–H and O–H groups in total. The number of hydrogen-bond donors (Lipinski definition) is 0. The molecule has 0 aliphatic carbocycles. The van der Waals surface area contributed by atoms with Gasteiger partial charge < -0.3 is 9.47 Å². The molecule has 0 radical (unpaired) electrons. The summed E-state index contributed by atoms with van der Waals surface area (Å²) >= 11 is 0. The Hall–Kier alpha value is -2.68. The summed E-state index contributed by atoms with van der Waals surface area (Å²) in [6.07, 6.45) is -0.293. The van der Waals surface area contributed by atoms with Crippen LogP contribution >= 0.6 is 0 Å². The monoisotopic (exact) mass is 275 g/mol. The topological polar surface area (TPSA) is 93.5 Å². The van der Waals surface area contributed by atoms with E-state index in [4.69, 9.17) is 14.7 Å². The van der Waals surface area contributed by atoms with Gasteiger partial charge in [0.1, 0.15) is 25.4 Å². The second-order valence-corrected chi connectivity index (χ2v) is 3.93. The highest BCUT2D eigenvalue weighted by Gasteiger charge is 2.09. The molecular weight excluding hydrogens is 262 g/mol. The van der Waals surface area contributed by atoms with Crippen molar-refractivity contribution in [3.8, 4) is 6.07 Å². The van der Waals surface area contributed by atoms with E-state index in [-0.39, 0.29) is 31.0 Å². The van der Waals surface area contributed by atoms with Crippen molar-refractivity contribution in [2.45, 2.75) is 13.3 Å². The Morgan fingerprint density at radius 3 is 2.55 bits per heavy atom. The third kappa shape index (κ3) is 5.31. The minimum Gasteiger partial charge on any atom is -0.462 e. The minimum atomic E-state index is -0.653. The van der Waals surface area contributed by atoms with Crippen LogP contribution in [0.15, 0.2) is 24.3 Å². The number of nitrogens with zero attached hydrogens (tertiary/aromatic N) is 1. The van der Waals surface area contributed by atoms with Gasteiger partial charge in [0.25, 0.3) is 0 Å². The largest absolute Gasteiger partial charge is 0.462 e. The van der Waals surface area contributed by atoms with Gasteiger partial charge in [-0.15, -0.1) is 0 Å². The lowest BCUT2D eigenvalue weighted by atomic mass is 10.1. The zero-order valence-corrected chi connectivity index (χ0v) is 10.9. The van der Waals surface area contributed by atoms with Gasteiger partial charge in [-0.05, 0) is 25.1 Å². The fourth-order valence-corrected chi connectivity index (χ4v) is 1.34. The summed E-state index contributed by atoms with van der Waals surface area (Å²) in [5.41, 5.74) is 0.603. The third-order valence-corrected chi connectivity index (χ3v) is 2.20. The van der Waals surface area contributed by atoms with Crippen molar-refractivity contribution >= 4 is 17.7 Å². The molecule has 0 fully saturated rings. The lowest BCUT2D eigenvalue weighted by molar-refractivity contribution is -0.146. The van der Waals surface area contributed by atoms with Crippen LogP contribution in [0.25, 0.3) is 0 Å². The summed E-state index contributed by atoms with van der Waals surface area (Å²) in [5.74, 6) is -1.55. The average molecular weight is 275 g/mol. The van der Waals surface area contributed by atoms with Crippen LogP contribution in [0.5, 0.6) is 0 Å². The lowest BCUT2D eigenvalue weighted by Crippen LogP contribution is -2.15. The number of carbonyl (C=O) groups is 3. The molecule has 0 amide bonds. The zero-order valence-electron chi connectivity index (χ0n) is 10.9. The third-order valence-electron chi connectivity index (χ3n) is 2.20. The molecule has 0 heterocycles. The van der Waals surface area contributed by atoms with Crippen LogP contribution in [-0.2, 0) is 19.1 Å². The maximum Gasteiger partial charge on any atom is 0.338 e. The summed E-state index contributed by atoms with van der Waals surface area (Å²) in [6.45, 7) is 1.05. The van der Waals surface area contributed by atoms with Crippen LogP contribution in [0, 0.1) is 11.3 Å². The van der Waals surface area contributed by atoms with E-state index in [1.807, 2.05) is 6.07 Å². The van der Waals surface area contributed by atoms with Crippen LogP contribution in [0.1, 0.15) is 29.3 Å². The molecule has 0 aromatic heterocycles. The van der Waals surface area contributed by atoms with Gasteiger partial charge in [-0.1, -0.05) is 6.07 Å². The van der Waals surface area contributed by atoms with Gasteiger partial charge >= 0.3 is 11.9 Å². The van der Waals surface area contributed by atoms with Crippen LogP contribution in [0.4, 0.5) is 0 Å². The van der Waals surface area contributed by atoms with Crippen molar-refractivity contribution in [3.05, 3.63) is 35.4 Å². The molecule has 6 heteroatoms. The van der Waals surface area contributed by atoms with Crippen LogP contribution in [0.2, 0.25) is 0 Å². The van der Waals surface area contributed by atoms with E-state index in [2.05, 4.69) is 0 Å². The molecule has 0 aliphatic heterocycles. The Bertz CT molecular complexity index is 559. The zero-order chi connectivity index (χ0) is 15.0. The van der Waals surface area contributed by atoms with Crippen molar-refractivity contribution in [2.24, 2.45) is 0 Å². The minimum absolute atomic E-state index is 0.112. The molecule has 0 aliphatic rings. The van der Waals surface area contributed by atoms with Crippen molar-refractivity contribution < 1.29 is 23.9 Å². The molecule has 1 aromatic carbocycles. The number of benzene rings is 1. The van der Waals surface area contributed by atoms with Gasteiger partial charge in [0.2, 0.25) is 0 Å². The molecular formula is C14H13NO5. The Kier molecular flexibility index (Phi) is 5.91. The van der Waals surface area contributed by atoms with E-state index in [0.717, 1.165) is 0 Å². The molecule has 0 unspecified atom stereocenters. The summed E-state index contributed by atoms with van der Waals surface area (Å²) in [4.78, 5) is 33.3. The highest BCUT2D eigenvalue weighted by Crippen LogP contribution is 2.05. The molecule has 0 spiro atoms. The van der Waals surface area contributed by atoms with E-state index in [0.29, 0.717) is 5.56 Å². The molecule has 0 saturated heterocycles. The van der Waals surface area contributed by atoms with Gasteiger partial charge in [0.15, 0.2) is 0 Å².